The lowest BCUT2D eigenvalue weighted by molar-refractivity contribution is -0.386. The van der Waals surface area contributed by atoms with E-state index < -0.39 is 22.3 Å². The van der Waals surface area contributed by atoms with Crippen molar-refractivity contribution < 1.29 is 28.3 Å². The van der Waals surface area contributed by atoms with Crippen LogP contribution >= 0.6 is 0 Å². The van der Waals surface area contributed by atoms with Crippen molar-refractivity contribution in [1.29, 1.82) is 0 Å². The molecular formula is C20H24FN3O6. The van der Waals surface area contributed by atoms with Gasteiger partial charge in [-0.3, -0.25) is 14.9 Å². The Bertz CT molecular complexity index is 935. The Morgan fingerprint density at radius 1 is 1.17 bits per heavy atom. The van der Waals surface area contributed by atoms with E-state index in [1.807, 2.05) is 0 Å². The number of nitrogens with one attached hydrogen (secondary N) is 1. The third-order valence-corrected chi connectivity index (χ3v) is 4.54. The molecule has 0 unspecified atom stereocenters. The number of amides is 1. The van der Waals surface area contributed by atoms with E-state index in [2.05, 4.69) is 5.32 Å². The fourth-order valence-corrected chi connectivity index (χ4v) is 3.09. The Hall–Kier alpha value is -3.40. The van der Waals surface area contributed by atoms with E-state index in [1.54, 1.807) is 31.1 Å². The molecule has 2 rings (SSSR count). The molecular weight excluding hydrogens is 397 g/mol. The molecule has 0 spiro atoms. The summed E-state index contributed by atoms with van der Waals surface area (Å²) in [6.07, 6.45) is 0. The summed E-state index contributed by atoms with van der Waals surface area (Å²) < 4.78 is 29.1. The summed E-state index contributed by atoms with van der Waals surface area (Å²) in [5, 5.41) is 14.4. The molecule has 0 aromatic heterocycles. The molecule has 1 atom stereocenters. The van der Waals surface area contributed by atoms with Crippen LogP contribution in [0.1, 0.15) is 22.0 Å². The first kappa shape index (κ1) is 22.9. The van der Waals surface area contributed by atoms with Crippen LogP contribution in [0.15, 0.2) is 30.3 Å². The zero-order valence-electron chi connectivity index (χ0n) is 17.4. The molecule has 9 nitrogen and oxygen atoms in total. The summed E-state index contributed by atoms with van der Waals surface area (Å²) >= 11 is 0. The number of benzene rings is 2. The first-order valence-corrected chi connectivity index (χ1v) is 8.92. The molecule has 10 heteroatoms. The number of carbonyl (C=O) groups is 1. The van der Waals surface area contributed by atoms with Crippen molar-refractivity contribution in [2.75, 3.05) is 42.0 Å². The van der Waals surface area contributed by atoms with Crippen molar-refractivity contribution in [2.24, 2.45) is 0 Å². The molecule has 0 saturated carbocycles. The van der Waals surface area contributed by atoms with Crippen molar-refractivity contribution >= 4 is 11.6 Å². The lowest BCUT2D eigenvalue weighted by Gasteiger charge is -2.25. The number of halogens is 1. The van der Waals surface area contributed by atoms with Crippen LogP contribution in [0.3, 0.4) is 0 Å². The summed E-state index contributed by atoms with van der Waals surface area (Å²) in [4.78, 5) is 25.6. The van der Waals surface area contributed by atoms with Crippen molar-refractivity contribution in [3.63, 3.8) is 0 Å². The van der Waals surface area contributed by atoms with Crippen molar-refractivity contribution in [2.45, 2.75) is 6.04 Å². The Morgan fingerprint density at radius 3 is 2.33 bits per heavy atom. The minimum atomic E-state index is -0.717. The maximum absolute atomic E-state index is 13.6. The maximum Gasteiger partial charge on any atom is 0.327 e. The molecule has 0 saturated heterocycles. The third-order valence-electron chi connectivity index (χ3n) is 4.54. The first-order chi connectivity index (χ1) is 14.2. The molecule has 2 aromatic carbocycles. The van der Waals surface area contributed by atoms with Crippen molar-refractivity contribution in [3.8, 4) is 17.2 Å². The average Bonchev–Trinajstić information content (AvgIpc) is 2.71. The van der Waals surface area contributed by atoms with Crippen LogP contribution in [0.5, 0.6) is 17.2 Å². The Morgan fingerprint density at radius 2 is 1.83 bits per heavy atom. The van der Waals surface area contributed by atoms with Gasteiger partial charge in [-0.2, -0.15) is 0 Å². The standard InChI is InChI=1S/C20H24FN3O6/c1-23(2)15(12-7-6-8-13(21)9-12)11-22-20(25)14-10-16(28-3)18(29-4)19(30-5)17(14)24(26)27/h6-10,15H,11H2,1-5H3,(H,22,25)/t15-/m0/s1. The van der Waals surface area contributed by atoms with Crippen LogP contribution in [0.4, 0.5) is 10.1 Å². The summed E-state index contributed by atoms with van der Waals surface area (Å²) in [6.45, 7) is 0.0864. The minimum absolute atomic E-state index is 0.00850. The summed E-state index contributed by atoms with van der Waals surface area (Å²) in [5.41, 5.74) is -0.134. The molecule has 1 N–H and O–H groups in total. The van der Waals surface area contributed by atoms with Crippen LogP contribution in [0, 0.1) is 15.9 Å². The average molecular weight is 421 g/mol. The molecule has 0 radical (unpaired) electrons. The van der Waals surface area contributed by atoms with Gasteiger partial charge in [0.05, 0.1) is 32.3 Å². The Balaban J connectivity index is 2.41. The highest BCUT2D eigenvalue weighted by Gasteiger charge is 2.32. The van der Waals surface area contributed by atoms with Crippen molar-refractivity contribution in [1.82, 2.24) is 10.2 Å². The molecule has 0 fully saturated rings. The van der Waals surface area contributed by atoms with Gasteiger partial charge in [0.2, 0.25) is 11.5 Å². The van der Waals surface area contributed by atoms with E-state index >= 15 is 0 Å². The van der Waals surface area contributed by atoms with Gasteiger partial charge in [0, 0.05) is 12.6 Å². The summed E-state index contributed by atoms with van der Waals surface area (Å²) in [7, 11) is 7.45. The van der Waals surface area contributed by atoms with Gasteiger partial charge in [-0.15, -0.1) is 0 Å². The second-order valence-corrected chi connectivity index (χ2v) is 6.54. The number of likely N-dealkylation sites (N-methyl/N-ethyl adjacent to an activating group) is 1. The number of rotatable bonds is 9. The van der Waals surface area contributed by atoms with Crippen LogP contribution in [0.2, 0.25) is 0 Å². The topological polar surface area (TPSA) is 103 Å². The van der Waals surface area contributed by atoms with Gasteiger partial charge < -0.3 is 24.4 Å². The van der Waals surface area contributed by atoms with Crippen LogP contribution in [-0.2, 0) is 0 Å². The number of hydrogen-bond acceptors (Lipinski definition) is 7. The lowest BCUT2D eigenvalue weighted by Crippen LogP contribution is -2.35. The van der Waals surface area contributed by atoms with Gasteiger partial charge in [0.15, 0.2) is 5.75 Å². The van der Waals surface area contributed by atoms with Crippen molar-refractivity contribution in [3.05, 3.63) is 57.4 Å². The first-order valence-electron chi connectivity index (χ1n) is 8.92. The zero-order chi connectivity index (χ0) is 22.4. The summed E-state index contributed by atoms with van der Waals surface area (Å²) in [6, 6.07) is 6.88. The molecule has 162 valence electrons. The largest absolute Gasteiger partial charge is 0.493 e. The summed E-state index contributed by atoms with van der Waals surface area (Å²) in [5.74, 6) is -1.20. The van der Waals surface area contributed by atoms with E-state index in [9.17, 15) is 19.3 Å². The predicted octanol–water partition coefficient (Wildman–Crippen LogP) is 2.79. The molecule has 30 heavy (non-hydrogen) atoms. The normalized spacial score (nSPS) is 11.7. The van der Waals surface area contributed by atoms with E-state index in [4.69, 9.17) is 14.2 Å². The lowest BCUT2D eigenvalue weighted by atomic mass is 10.0. The Labute approximate surface area is 173 Å². The minimum Gasteiger partial charge on any atom is -0.493 e. The number of nitro groups is 1. The molecule has 0 heterocycles. The maximum atomic E-state index is 13.6. The number of nitro benzene ring substituents is 1. The fourth-order valence-electron chi connectivity index (χ4n) is 3.09. The number of ether oxygens (including phenoxy) is 3. The Kier molecular flexibility index (Phi) is 7.54. The number of nitrogens with zero attached hydrogens (tertiary/aromatic N) is 2. The highest BCUT2D eigenvalue weighted by Crippen LogP contribution is 2.46. The zero-order valence-corrected chi connectivity index (χ0v) is 17.4. The van der Waals surface area contributed by atoms with Gasteiger partial charge in [-0.1, -0.05) is 12.1 Å². The molecule has 0 bridgehead atoms. The van der Waals surface area contributed by atoms with Crippen LogP contribution in [-0.4, -0.2) is 57.7 Å². The second-order valence-electron chi connectivity index (χ2n) is 6.54. The third kappa shape index (κ3) is 4.77. The van der Waals surface area contributed by atoms with Gasteiger partial charge >= 0.3 is 5.69 Å². The van der Waals surface area contributed by atoms with E-state index in [-0.39, 0.29) is 35.4 Å². The van der Waals surface area contributed by atoms with E-state index in [0.717, 1.165) is 0 Å². The number of carbonyl (C=O) groups excluding carboxylic acids is 1. The highest BCUT2D eigenvalue weighted by molar-refractivity contribution is 6.00. The van der Waals surface area contributed by atoms with Gasteiger partial charge in [0.1, 0.15) is 11.4 Å². The molecule has 0 aliphatic heterocycles. The monoisotopic (exact) mass is 421 g/mol. The molecule has 0 aliphatic carbocycles. The predicted molar refractivity (Wildman–Crippen MR) is 108 cm³/mol. The fraction of sp³-hybridized carbons (Fsp3) is 0.350. The molecule has 2 aromatic rings. The number of hydrogen-bond donors (Lipinski definition) is 1. The van der Waals surface area contributed by atoms with E-state index in [1.165, 1.54) is 39.5 Å². The van der Waals surface area contributed by atoms with Crippen LogP contribution in [0.25, 0.3) is 0 Å². The molecule has 1 amide bonds. The molecule has 0 aliphatic rings. The quantitative estimate of drug-likeness (QED) is 0.490. The second kappa shape index (κ2) is 9.88. The van der Waals surface area contributed by atoms with Gasteiger partial charge in [-0.05, 0) is 31.8 Å². The highest BCUT2D eigenvalue weighted by atomic mass is 19.1. The van der Waals surface area contributed by atoms with Gasteiger partial charge in [0.25, 0.3) is 5.91 Å². The van der Waals surface area contributed by atoms with Gasteiger partial charge in [-0.25, -0.2) is 4.39 Å². The number of methoxy groups -OCH3 is 3. The van der Waals surface area contributed by atoms with E-state index in [0.29, 0.717) is 5.56 Å². The van der Waals surface area contributed by atoms with Crippen LogP contribution < -0.4 is 19.5 Å². The SMILES string of the molecule is COc1cc(C(=O)NC[C@@H](c2cccc(F)c2)N(C)C)c([N+](=O)[O-])c(OC)c1OC. The smallest absolute Gasteiger partial charge is 0.327 e.